The molecule has 1 N–H and O–H groups in total. The van der Waals surface area contributed by atoms with E-state index in [1.54, 1.807) is 24.4 Å². The normalized spacial score (nSPS) is 11.6. The van der Waals surface area contributed by atoms with Crippen LogP contribution in [0.2, 0.25) is 0 Å². The fourth-order valence-corrected chi connectivity index (χ4v) is 4.01. The van der Waals surface area contributed by atoms with Crippen molar-refractivity contribution in [1.82, 2.24) is 9.38 Å². The van der Waals surface area contributed by atoms with Crippen molar-refractivity contribution in [2.45, 2.75) is 4.90 Å². The number of hydrogen-bond donors (Lipinski definition) is 1. The number of hydrogen-bond acceptors (Lipinski definition) is 4. The topological polar surface area (TPSA) is 72.7 Å². The van der Waals surface area contributed by atoms with E-state index in [1.807, 2.05) is 28.8 Å². The van der Waals surface area contributed by atoms with E-state index in [4.69, 9.17) is 4.74 Å². The molecule has 0 aliphatic carbocycles. The number of halogens is 2. The van der Waals surface area contributed by atoms with Crippen molar-refractivity contribution in [2.75, 3.05) is 11.8 Å². The standard InChI is InChI=1S/C20H15F2N3O3S/c1-28-19-6-5-13(18-12-25-7-3-2-4-20(25)23-18)8-17(19)24-29(26,27)16-10-14(21)9-15(22)11-16/h2-12,24H,1H3. The largest absolute Gasteiger partial charge is 0.495 e. The molecule has 0 fully saturated rings. The van der Waals surface area contributed by atoms with E-state index in [9.17, 15) is 17.2 Å². The summed E-state index contributed by atoms with van der Waals surface area (Å²) in [6.45, 7) is 0. The second-order valence-electron chi connectivity index (χ2n) is 6.22. The molecule has 0 bridgehead atoms. The van der Waals surface area contributed by atoms with Gasteiger partial charge >= 0.3 is 0 Å². The van der Waals surface area contributed by atoms with Crippen LogP contribution in [0, 0.1) is 11.6 Å². The maximum Gasteiger partial charge on any atom is 0.262 e. The number of fused-ring (bicyclic) bond motifs is 1. The van der Waals surface area contributed by atoms with Gasteiger partial charge in [0.25, 0.3) is 10.0 Å². The van der Waals surface area contributed by atoms with Crippen LogP contribution in [0.1, 0.15) is 0 Å². The number of nitrogens with one attached hydrogen (secondary N) is 1. The second kappa shape index (κ2) is 7.17. The number of pyridine rings is 1. The van der Waals surface area contributed by atoms with Crippen molar-refractivity contribution in [3.63, 3.8) is 0 Å². The fraction of sp³-hybridized carbons (Fsp3) is 0.0500. The van der Waals surface area contributed by atoms with E-state index in [0.717, 1.165) is 17.8 Å². The Hall–Kier alpha value is -3.46. The lowest BCUT2D eigenvalue weighted by Gasteiger charge is -2.13. The molecular weight excluding hydrogens is 400 g/mol. The van der Waals surface area contributed by atoms with Crippen molar-refractivity contribution in [1.29, 1.82) is 0 Å². The van der Waals surface area contributed by atoms with Crippen LogP contribution in [0.4, 0.5) is 14.5 Å². The zero-order valence-electron chi connectivity index (χ0n) is 15.1. The molecule has 2 aromatic heterocycles. The molecule has 148 valence electrons. The highest BCUT2D eigenvalue weighted by Gasteiger charge is 2.19. The Kier molecular flexibility index (Phi) is 4.67. The lowest BCUT2D eigenvalue weighted by molar-refractivity contribution is 0.417. The molecule has 9 heteroatoms. The molecule has 0 saturated carbocycles. The van der Waals surface area contributed by atoms with E-state index in [-0.39, 0.29) is 11.4 Å². The number of imidazole rings is 1. The number of benzene rings is 2. The highest BCUT2D eigenvalue weighted by Crippen LogP contribution is 2.32. The van der Waals surface area contributed by atoms with Crippen LogP contribution in [-0.4, -0.2) is 24.9 Å². The molecule has 0 amide bonds. The number of aromatic nitrogens is 2. The van der Waals surface area contributed by atoms with Crippen LogP contribution < -0.4 is 9.46 Å². The van der Waals surface area contributed by atoms with Crippen LogP contribution >= 0.6 is 0 Å². The van der Waals surface area contributed by atoms with Gasteiger partial charge in [0, 0.05) is 24.0 Å². The fourth-order valence-electron chi connectivity index (χ4n) is 2.91. The minimum absolute atomic E-state index is 0.117. The van der Waals surface area contributed by atoms with Gasteiger partial charge < -0.3 is 9.14 Å². The summed E-state index contributed by atoms with van der Waals surface area (Å²) in [6, 6.07) is 12.5. The predicted molar refractivity (Wildman–Crippen MR) is 104 cm³/mol. The maximum absolute atomic E-state index is 13.5. The predicted octanol–water partition coefficient (Wildman–Crippen LogP) is 4.09. The molecule has 2 heterocycles. The first kappa shape index (κ1) is 18.9. The van der Waals surface area contributed by atoms with Gasteiger partial charge in [0.05, 0.1) is 23.4 Å². The van der Waals surface area contributed by atoms with Crippen LogP contribution in [0.5, 0.6) is 5.75 Å². The van der Waals surface area contributed by atoms with Gasteiger partial charge in [-0.15, -0.1) is 0 Å². The molecule has 6 nitrogen and oxygen atoms in total. The molecule has 0 radical (unpaired) electrons. The van der Waals surface area contributed by atoms with E-state index in [0.29, 0.717) is 17.3 Å². The Morgan fingerprint density at radius 2 is 1.79 bits per heavy atom. The molecule has 0 atom stereocenters. The van der Waals surface area contributed by atoms with Crippen LogP contribution in [-0.2, 0) is 10.0 Å². The van der Waals surface area contributed by atoms with Crippen LogP contribution in [0.25, 0.3) is 16.9 Å². The van der Waals surface area contributed by atoms with E-state index in [2.05, 4.69) is 9.71 Å². The average Bonchev–Trinajstić information content (AvgIpc) is 3.11. The summed E-state index contributed by atoms with van der Waals surface area (Å²) in [5, 5.41) is 0. The highest BCUT2D eigenvalue weighted by atomic mass is 32.2. The van der Waals surface area contributed by atoms with Crippen molar-refractivity contribution < 1.29 is 21.9 Å². The van der Waals surface area contributed by atoms with Crippen molar-refractivity contribution >= 4 is 21.4 Å². The van der Waals surface area contributed by atoms with Crippen molar-refractivity contribution in [2.24, 2.45) is 0 Å². The van der Waals surface area contributed by atoms with Gasteiger partial charge in [-0.05, 0) is 42.5 Å². The number of sulfonamides is 1. The Morgan fingerprint density at radius 3 is 2.48 bits per heavy atom. The number of methoxy groups -OCH3 is 1. The van der Waals surface area contributed by atoms with Gasteiger partial charge in [-0.25, -0.2) is 22.2 Å². The monoisotopic (exact) mass is 415 g/mol. The van der Waals surface area contributed by atoms with Crippen molar-refractivity contribution in [3.05, 3.63) is 78.6 Å². The second-order valence-corrected chi connectivity index (χ2v) is 7.90. The van der Waals surface area contributed by atoms with Gasteiger partial charge in [0.2, 0.25) is 0 Å². The third-order valence-corrected chi connectivity index (χ3v) is 5.59. The summed E-state index contributed by atoms with van der Waals surface area (Å²) in [5.74, 6) is -1.73. The van der Waals surface area contributed by atoms with Crippen molar-refractivity contribution in [3.8, 4) is 17.0 Å². The van der Waals surface area contributed by atoms with Gasteiger partial charge in [0.1, 0.15) is 23.0 Å². The summed E-state index contributed by atoms with van der Waals surface area (Å²) in [6.07, 6.45) is 3.65. The van der Waals surface area contributed by atoms with E-state index in [1.165, 1.54) is 7.11 Å². The first-order valence-corrected chi connectivity index (χ1v) is 9.95. The molecule has 4 rings (SSSR count). The van der Waals surface area contributed by atoms with E-state index >= 15 is 0 Å². The molecule has 0 spiro atoms. The first-order valence-electron chi connectivity index (χ1n) is 8.47. The van der Waals surface area contributed by atoms with Gasteiger partial charge in [0.15, 0.2) is 0 Å². The molecule has 0 unspecified atom stereocenters. The number of rotatable bonds is 5. The molecule has 0 aliphatic rings. The summed E-state index contributed by atoms with van der Waals surface area (Å²) < 4.78 is 61.6. The molecule has 0 aliphatic heterocycles. The minimum Gasteiger partial charge on any atom is -0.495 e. The molecular formula is C20H15F2N3O3S. The van der Waals surface area contributed by atoms with Crippen LogP contribution in [0.15, 0.2) is 71.9 Å². The third-order valence-electron chi connectivity index (χ3n) is 4.25. The van der Waals surface area contributed by atoms with E-state index < -0.39 is 26.6 Å². The third kappa shape index (κ3) is 3.77. The number of nitrogens with zero attached hydrogens (tertiary/aromatic N) is 2. The summed E-state index contributed by atoms with van der Waals surface area (Å²) in [5.41, 5.74) is 2.11. The van der Waals surface area contributed by atoms with Gasteiger partial charge in [-0.3, -0.25) is 4.72 Å². The Balaban J connectivity index is 1.75. The molecule has 29 heavy (non-hydrogen) atoms. The summed E-state index contributed by atoms with van der Waals surface area (Å²) in [4.78, 5) is 3.97. The molecule has 2 aromatic carbocycles. The average molecular weight is 415 g/mol. The molecule has 4 aromatic rings. The first-order chi connectivity index (χ1) is 13.9. The number of anilines is 1. The maximum atomic E-state index is 13.5. The SMILES string of the molecule is COc1ccc(-c2cn3ccccc3n2)cc1NS(=O)(=O)c1cc(F)cc(F)c1. The lowest BCUT2D eigenvalue weighted by atomic mass is 10.1. The lowest BCUT2D eigenvalue weighted by Crippen LogP contribution is -2.14. The Labute approximate surface area is 165 Å². The molecule has 0 saturated heterocycles. The van der Waals surface area contributed by atoms with Crippen LogP contribution in [0.3, 0.4) is 0 Å². The van der Waals surface area contributed by atoms with Gasteiger partial charge in [-0.2, -0.15) is 0 Å². The minimum atomic E-state index is -4.25. The van der Waals surface area contributed by atoms with Gasteiger partial charge in [-0.1, -0.05) is 6.07 Å². The zero-order valence-corrected chi connectivity index (χ0v) is 16.0. The smallest absolute Gasteiger partial charge is 0.262 e. The number of ether oxygens (including phenoxy) is 1. The Morgan fingerprint density at radius 1 is 1.03 bits per heavy atom. The quantitative estimate of drug-likeness (QED) is 0.533. The summed E-state index contributed by atoms with van der Waals surface area (Å²) in [7, 11) is -2.86. The summed E-state index contributed by atoms with van der Waals surface area (Å²) >= 11 is 0. The Bertz CT molecular complexity index is 1270. The zero-order chi connectivity index (χ0) is 20.6. The highest BCUT2D eigenvalue weighted by molar-refractivity contribution is 7.92.